The molecule has 0 aromatic heterocycles. The summed E-state index contributed by atoms with van der Waals surface area (Å²) in [5.41, 5.74) is 0.417. The molecule has 1 saturated heterocycles. The smallest absolute Gasteiger partial charge is 0.296 e. The molecule has 0 radical (unpaired) electrons. The Balaban J connectivity index is 2.16. The lowest BCUT2D eigenvalue weighted by Crippen LogP contribution is -2.26. The number of nitrogens with zero attached hydrogens (tertiary/aromatic N) is 1. The van der Waals surface area contributed by atoms with Gasteiger partial charge in [0.15, 0.2) is 0 Å². The fourth-order valence-electron chi connectivity index (χ4n) is 1.87. The van der Waals surface area contributed by atoms with Crippen molar-refractivity contribution in [2.24, 2.45) is 0 Å². The van der Waals surface area contributed by atoms with Crippen LogP contribution in [-0.2, 0) is 0 Å². The molecule has 1 aliphatic heterocycles. The minimum atomic E-state index is -0.474. The van der Waals surface area contributed by atoms with Crippen LogP contribution < -0.4 is 5.32 Å². The maximum Gasteiger partial charge on any atom is 0.296 e. The lowest BCUT2D eigenvalue weighted by Gasteiger charge is -2.23. The number of hydrogen-bond donors (Lipinski definition) is 2. The minimum Gasteiger partial charge on any atom is -0.508 e. The first-order valence-corrected chi connectivity index (χ1v) is 6.64. The summed E-state index contributed by atoms with van der Waals surface area (Å²) >= 11 is 1.86. The van der Waals surface area contributed by atoms with Gasteiger partial charge in [-0.3, -0.25) is 10.1 Å². The van der Waals surface area contributed by atoms with Gasteiger partial charge >= 0.3 is 0 Å². The van der Waals surface area contributed by atoms with E-state index in [1.807, 2.05) is 11.8 Å². The van der Waals surface area contributed by atoms with Gasteiger partial charge < -0.3 is 10.4 Å². The molecule has 0 saturated carbocycles. The molecule has 1 heterocycles. The summed E-state index contributed by atoms with van der Waals surface area (Å²) in [6, 6.07) is 4.48. The van der Waals surface area contributed by atoms with Crippen LogP contribution in [0.2, 0.25) is 0 Å². The average molecular weight is 254 g/mol. The number of nitrogens with one attached hydrogen (secondary N) is 1. The van der Waals surface area contributed by atoms with E-state index in [0.29, 0.717) is 5.69 Å². The zero-order chi connectivity index (χ0) is 12.3. The molecule has 5 nitrogen and oxygen atoms in total. The highest BCUT2D eigenvalue weighted by atomic mass is 32.2. The second-order valence-electron chi connectivity index (χ2n) is 4.02. The van der Waals surface area contributed by atoms with Crippen molar-refractivity contribution in [1.29, 1.82) is 0 Å². The molecule has 17 heavy (non-hydrogen) atoms. The lowest BCUT2D eigenvalue weighted by atomic mass is 10.1. The van der Waals surface area contributed by atoms with Crippen molar-refractivity contribution >= 4 is 23.1 Å². The Kier molecular flexibility index (Phi) is 3.73. The number of nitro groups is 1. The summed E-state index contributed by atoms with van der Waals surface area (Å²) in [6.07, 6.45) is 2.17. The van der Waals surface area contributed by atoms with Gasteiger partial charge in [0.2, 0.25) is 0 Å². The number of aromatic hydroxyl groups is 1. The third kappa shape index (κ3) is 3.03. The minimum absolute atomic E-state index is 0.0689. The van der Waals surface area contributed by atoms with Gasteiger partial charge in [-0.25, -0.2) is 0 Å². The number of phenolic OH excluding ortho intramolecular Hbond substituents is 1. The van der Waals surface area contributed by atoms with Crippen LogP contribution in [0.4, 0.5) is 11.4 Å². The number of nitro benzene ring substituents is 1. The van der Waals surface area contributed by atoms with Crippen LogP contribution in [0, 0.1) is 10.1 Å². The van der Waals surface area contributed by atoms with E-state index in [2.05, 4.69) is 5.32 Å². The zero-order valence-corrected chi connectivity index (χ0v) is 10.1. The van der Waals surface area contributed by atoms with Gasteiger partial charge in [-0.1, -0.05) is 0 Å². The highest BCUT2D eigenvalue weighted by Gasteiger charge is 2.19. The van der Waals surface area contributed by atoms with Crippen LogP contribution in [0.5, 0.6) is 5.75 Å². The zero-order valence-electron chi connectivity index (χ0n) is 9.26. The van der Waals surface area contributed by atoms with Crippen molar-refractivity contribution in [3.8, 4) is 5.75 Å². The highest BCUT2D eigenvalue weighted by molar-refractivity contribution is 7.99. The van der Waals surface area contributed by atoms with E-state index in [4.69, 9.17) is 0 Å². The number of hydrogen-bond acceptors (Lipinski definition) is 5. The summed E-state index contributed by atoms with van der Waals surface area (Å²) < 4.78 is 0. The number of benzene rings is 1. The van der Waals surface area contributed by atoms with E-state index in [1.54, 1.807) is 6.07 Å². The van der Waals surface area contributed by atoms with Gasteiger partial charge in [0.25, 0.3) is 5.69 Å². The van der Waals surface area contributed by atoms with Crippen LogP contribution in [0.15, 0.2) is 18.2 Å². The Labute approximate surface area is 103 Å². The van der Waals surface area contributed by atoms with Gasteiger partial charge in [-0.05, 0) is 30.7 Å². The van der Waals surface area contributed by atoms with Crippen LogP contribution in [-0.4, -0.2) is 27.6 Å². The highest BCUT2D eigenvalue weighted by Crippen LogP contribution is 2.30. The van der Waals surface area contributed by atoms with E-state index in [0.717, 1.165) is 24.3 Å². The summed E-state index contributed by atoms with van der Waals surface area (Å²) in [5, 5.41) is 23.3. The molecule has 0 spiro atoms. The first kappa shape index (κ1) is 12.0. The maximum absolute atomic E-state index is 10.9. The molecule has 6 heteroatoms. The first-order valence-electron chi connectivity index (χ1n) is 5.48. The van der Waals surface area contributed by atoms with E-state index in [-0.39, 0.29) is 17.5 Å². The third-order valence-corrected chi connectivity index (χ3v) is 3.91. The Bertz CT molecular complexity index is 419. The molecule has 0 amide bonds. The van der Waals surface area contributed by atoms with E-state index >= 15 is 0 Å². The van der Waals surface area contributed by atoms with Gasteiger partial charge in [-0.2, -0.15) is 11.8 Å². The predicted molar refractivity (Wildman–Crippen MR) is 68.7 cm³/mol. The second kappa shape index (κ2) is 5.27. The van der Waals surface area contributed by atoms with Crippen LogP contribution >= 0.6 is 11.8 Å². The monoisotopic (exact) mass is 254 g/mol. The van der Waals surface area contributed by atoms with Crippen molar-refractivity contribution in [3.63, 3.8) is 0 Å². The fourth-order valence-corrected chi connectivity index (χ4v) is 2.94. The summed E-state index contributed by atoms with van der Waals surface area (Å²) in [4.78, 5) is 10.4. The van der Waals surface area contributed by atoms with Crippen LogP contribution in [0.25, 0.3) is 0 Å². The quantitative estimate of drug-likeness (QED) is 0.492. The molecule has 1 fully saturated rings. The number of anilines is 1. The molecule has 0 aliphatic carbocycles. The van der Waals surface area contributed by atoms with Crippen LogP contribution in [0.1, 0.15) is 12.8 Å². The van der Waals surface area contributed by atoms with Gasteiger partial charge in [-0.15, -0.1) is 0 Å². The van der Waals surface area contributed by atoms with Gasteiger partial charge in [0, 0.05) is 11.8 Å². The van der Waals surface area contributed by atoms with Crippen molar-refractivity contribution in [2.75, 3.05) is 16.8 Å². The van der Waals surface area contributed by atoms with E-state index < -0.39 is 4.92 Å². The molecule has 92 valence electrons. The molecule has 1 unspecified atom stereocenters. The number of thioether (sulfide) groups is 1. The molecular weight excluding hydrogens is 240 g/mol. The first-order chi connectivity index (χ1) is 8.16. The third-order valence-electron chi connectivity index (χ3n) is 2.70. The predicted octanol–water partition coefficient (Wildman–Crippen LogP) is 2.61. The van der Waals surface area contributed by atoms with Crippen molar-refractivity contribution in [2.45, 2.75) is 18.9 Å². The maximum atomic E-state index is 10.9. The molecular formula is C11H14N2O3S. The van der Waals surface area contributed by atoms with E-state index in [1.165, 1.54) is 12.1 Å². The Morgan fingerprint density at radius 2 is 2.35 bits per heavy atom. The summed E-state index contributed by atoms with van der Waals surface area (Å²) in [5.74, 6) is 2.05. The van der Waals surface area contributed by atoms with Gasteiger partial charge in [0.05, 0.1) is 11.0 Å². The van der Waals surface area contributed by atoms with Crippen molar-refractivity contribution in [1.82, 2.24) is 0 Å². The molecule has 1 aromatic carbocycles. The summed E-state index contributed by atoms with van der Waals surface area (Å²) in [7, 11) is 0. The average Bonchev–Trinajstić information content (AvgIpc) is 2.32. The number of phenols is 1. The standard InChI is InChI=1S/C11H14N2O3S/c14-9-3-4-10(11(6-9)13(15)16)12-8-2-1-5-17-7-8/h3-4,6,8,12,14H,1-2,5,7H2. The Hall–Kier alpha value is -1.43. The van der Waals surface area contributed by atoms with Crippen molar-refractivity contribution < 1.29 is 10.0 Å². The number of rotatable bonds is 3. The van der Waals surface area contributed by atoms with Crippen molar-refractivity contribution in [3.05, 3.63) is 28.3 Å². The van der Waals surface area contributed by atoms with Crippen LogP contribution in [0.3, 0.4) is 0 Å². The Morgan fingerprint density at radius 1 is 1.53 bits per heavy atom. The van der Waals surface area contributed by atoms with Gasteiger partial charge in [0.1, 0.15) is 11.4 Å². The largest absolute Gasteiger partial charge is 0.508 e. The summed E-state index contributed by atoms with van der Waals surface area (Å²) in [6.45, 7) is 0. The molecule has 0 bridgehead atoms. The molecule has 1 aliphatic rings. The topological polar surface area (TPSA) is 75.4 Å². The molecule has 2 rings (SSSR count). The fraction of sp³-hybridized carbons (Fsp3) is 0.455. The molecule has 2 N–H and O–H groups in total. The molecule has 1 atom stereocenters. The normalized spacial score (nSPS) is 19.9. The van der Waals surface area contributed by atoms with E-state index in [9.17, 15) is 15.2 Å². The second-order valence-corrected chi connectivity index (χ2v) is 5.17. The lowest BCUT2D eigenvalue weighted by molar-refractivity contribution is -0.384. The SMILES string of the molecule is O=[N+]([O-])c1cc(O)ccc1NC1CCCSC1. The Morgan fingerprint density at radius 3 is 3.00 bits per heavy atom. The molecule has 1 aromatic rings.